The number of esters is 1. The Morgan fingerprint density at radius 1 is 1.00 bits per heavy atom. The van der Waals surface area contributed by atoms with Crippen molar-refractivity contribution in [2.24, 2.45) is 0 Å². The molecule has 1 aliphatic heterocycles. The molecule has 2 aromatic carbocycles. The molecule has 1 heterocycles. The SMILES string of the molecule is O=C(OCC(=O)N1CCN(c2ccc(F)cc2)CC1)c1ccccc1Br. The van der Waals surface area contributed by atoms with Crippen molar-refractivity contribution in [3.05, 3.63) is 64.4 Å². The van der Waals surface area contributed by atoms with Crippen LogP contribution < -0.4 is 4.90 Å². The summed E-state index contributed by atoms with van der Waals surface area (Å²) in [5.41, 5.74) is 1.32. The van der Waals surface area contributed by atoms with Crippen LogP contribution in [0.5, 0.6) is 0 Å². The number of ether oxygens (including phenoxy) is 1. The zero-order chi connectivity index (χ0) is 18.5. The Bertz CT molecular complexity index is 790. The van der Waals surface area contributed by atoms with Crippen LogP contribution in [0.25, 0.3) is 0 Å². The van der Waals surface area contributed by atoms with Gasteiger partial charge in [-0.05, 0) is 52.3 Å². The van der Waals surface area contributed by atoms with Crippen LogP contribution in [0.3, 0.4) is 0 Å². The van der Waals surface area contributed by atoms with Crippen molar-refractivity contribution in [1.82, 2.24) is 4.90 Å². The summed E-state index contributed by atoms with van der Waals surface area (Å²) >= 11 is 3.29. The molecule has 1 amide bonds. The summed E-state index contributed by atoms with van der Waals surface area (Å²) in [5.74, 6) is -1.02. The van der Waals surface area contributed by atoms with Crippen LogP contribution in [0.4, 0.5) is 10.1 Å². The summed E-state index contributed by atoms with van der Waals surface area (Å²) in [6, 6.07) is 13.2. The largest absolute Gasteiger partial charge is 0.452 e. The van der Waals surface area contributed by atoms with Crippen LogP contribution >= 0.6 is 15.9 Å². The molecule has 5 nitrogen and oxygen atoms in total. The molecule has 2 aromatic rings. The van der Waals surface area contributed by atoms with Crippen LogP contribution in [-0.4, -0.2) is 49.6 Å². The molecule has 0 atom stereocenters. The molecule has 1 aliphatic rings. The predicted molar refractivity (Wildman–Crippen MR) is 99.6 cm³/mol. The van der Waals surface area contributed by atoms with Gasteiger partial charge in [0.1, 0.15) is 5.82 Å². The van der Waals surface area contributed by atoms with Gasteiger partial charge in [0, 0.05) is 36.3 Å². The number of amides is 1. The van der Waals surface area contributed by atoms with E-state index in [1.165, 1.54) is 12.1 Å². The van der Waals surface area contributed by atoms with Gasteiger partial charge in [0.15, 0.2) is 6.61 Å². The molecule has 0 spiro atoms. The minimum atomic E-state index is -0.532. The van der Waals surface area contributed by atoms with Gasteiger partial charge < -0.3 is 14.5 Å². The maximum Gasteiger partial charge on any atom is 0.339 e. The van der Waals surface area contributed by atoms with Gasteiger partial charge in [-0.3, -0.25) is 4.79 Å². The first-order valence-corrected chi connectivity index (χ1v) is 9.04. The molecule has 3 rings (SSSR count). The normalized spacial score (nSPS) is 14.2. The Balaban J connectivity index is 1.48. The number of hydrogen-bond donors (Lipinski definition) is 0. The Hall–Kier alpha value is -2.41. The van der Waals surface area contributed by atoms with E-state index in [4.69, 9.17) is 4.74 Å². The molecule has 1 fully saturated rings. The Labute approximate surface area is 159 Å². The van der Waals surface area contributed by atoms with E-state index in [2.05, 4.69) is 20.8 Å². The number of nitrogens with zero attached hydrogens (tertiary/aromatic N) is 2. The van der Waals surface area contributed by atoms with Gasteiger partial charge in [0.05, 0.1) is 5.56 Å². The molecule has 26 heavy (non-hydrogen) atoms. The Morgan fingerprint density at radius 3 is 2.31 bits per heavy atom. The fourth-order valence-electron chi connectivity index (χ4n) is 2.79. The monoisotopic (exact) mass is 420 g/mol. The molecule has 0 saturated carbocycles. The van der Waals surface area contributed by atoms with Crippen molar-refractivity contribution in [2.45, 2.75) is 0 Å². The van der Waals surface area contributed by atoms with Crippen LogP contribution in [0.15, 0.2) is 53.0 Å². The zero-order valence-electron chi connectivity index (χ0n) is 14.0. The fraction of sp³-hybridized carbons (Fsp3) is 0.263. The second-order valence-corrected chi connectivity index (χ2v) is 6.75. The second-order valence-electron chi connectivity index (χ2n) is 5.90. The molecule has 7 heteroatoms. The smallest absolute Gasteiger partial charge is 0.339 e. The van der Waals surface area contributed by atoms with Crippen LogP contribution in [0.1, 0.15) is 10.4 Å². The van der Waals surface area contributed by atoms with E-state index in [0.29, 0.717) is 36.2 Å². The number of halogens is 2. The Kier molecular flexibility index (Phi) is 5.88. The molecule has 0 unspecified atom stereocenters. The first-order chi connectivity index (χ1) is 12.5. The standard InChI is InChI=1S/C19H18BrFN2O3/c20-17-4-2-1-3-16(17)19(25)26-13-18(24)23-11-9-22(10-12-23)15-7-5-14(21)6-8-15/h1-8H,9-13H2. The number of benzene rings is 2. The van der Waals surface area contributed by atoms with E-state index in [1.807, 2.05) is 0 Å². The fourth-order valence-corrected chi connectivity index (χ4v) is 3.24. The van der Waals surface area contributed by atoms with Crippen LogP contribution in [-0.2, 0) is 9.53 Å². The van der Waals surface area contributed by atoms with E-state index >= 15 is 0 Å². The molecule has 1 saturated heterocycles. The first-order valence-electron chi connectivity index (χ1n) is 8.24. The van der Waals surface area contributed by atoms with Gasteiger partial charge in [-0.2, -0.15) is 0 Å². The predicted octanol–water partition coefficient (Wildman–Crippen LogP) is 3.09. The van der Waals surface area contributed by atoms with Crippen molar-refractivity contribution >= 4 is 33.5 Å². The number of piperazine rings is 1. The first kappa shape index (κ1) is 18.4. The van der Waals surface area contributed by atoms with Gasteiger partial charge >= 0.3 is 5.97 Å². The van der Waals surface area contributed by atoms with E-state index in [1.54, 1.807) is 41.3 Å². The van der Waals surface area contributed by atoms with Crippen molar-refractivity contribution < 1.29 is 18.7 Å². The summed E-state index contributed by atoms with van der Waals surface area (Å²) < 4.78 is 18.8. The lowest BCUT2D eigenvalue weighted by Gasteiger charge is -2.36. The lowest BCUT2D eigenvalue weighted by Crippen LogP contribution is -2.49. The average molecular weight is 421 g/mol. The highest BCUT2D eigenvalue weighted by molar-refractivity contribution is 9.10. The van der Waals surface area contributed by atoms with Crippen molar-refractivity contribution in [1.29, 1.82) is 0 Å². The van der Waals surface area contributed by atoms with Crippen LogP contribution in [0, 0.1) is 5.82 Å². The summed E-state index contributed by atoms with van der Waals surface area (Å²) in [5, 5.41) is 0. The highest BCUT2D eigenvalue weighted by Gasteiger charge is 2.22. The number of anilines is 1. The highest BCUT2D eigenvalue weighted by Crippen LogP contribution is 2.18. The minimum absolute atomic E-state index is 0.218. The Morgan fingerprint density at radius 2 is 1.65 bits per heavy atom. The lowest BCUT2D eigenvalue weighted by molar-refractivity contribution is -0.134. The summed E-state index contributed by atoms with van der Waals surface area (Å²) in [6.45, 7) is 2.08. The topological polar surface area (TPSA) is 49.9 Å². The third kappa shape index (κ3) is 4.40. The van der Waals surface area contributed by atoms with Gasteiger partial charge in [-0.15, -0.1) is 0 Å². The van der Waals surface area contributed by atoms with Crippen molar-refractivity contribution in [3.8, 4) is 0 Å². The summed E-state index contributed by atoms with van der Waals surface area (Å²) in [4.78, 5) is 28.1. The molecular formula is C19H18BrFN2O3. The van der Waals surface area contributed by atoms with E-state index < -0.39 is 5.97 Å². The van der Waals surface area contributed by atoms with Gasteiger partial charge in [0.2, 0.25) is 0 Å². The third-order valence-electron chi connectivity index (χ3n) is 4.24. The van der Waals surface area contributed by atoms with E-state index in [-0.39, 0.29) is 18.3 Å². The lowest BCUT2D eigenvalue weighted by atomic mass is 10.2. The number of carbonyl (C=O) groups is 2. The molecule has 0 N–H and O–H groups in total. The molecule has 0 radical (unpaired) electrons. The zero-order valence-corrected chi connectivity index (χ0v) is 15.6. The number of rotatable bonds is 4. The third-order valence-corrected chi connectivity index (χ3v) is 4.94. The number of hydrogen-bond acceptors (Lipinski definition) is 4. The minimum Gasteiger partial charge on any atom is -0.452 e. The maximum atomic E-state index is 13.0. The van der Waals surface area contributed by atoms with Crippen molar-refractivity contribution in [2.75, 3.05) is 37.7 Å². The quantitative estimate of drug-likeness (QED) is 0.713. The van der Waals surface area contributed by atoms with Gasteiger partial charge in [-0.1, -0.05) is 12.1 Å². The molecule has 136 valence electrons. The van der Waals surface area contributed by atoms with Crippen LogP contribution in [0.2, 0.25) is 0 Å². The average Bonchev–Trinajstić information content (AvgIpc) is 2.67. The summed E-state index contributed by atoms with van der Waals surface area (Å²) in [7, 11) is 0. The second kappa shape index (κ2) is 8.31. The maximum absolute atomic E-state index is 13.0. The van der Waals surface area contributed by atoms with Crippen molar-refractivity contribution in [3.63, 3.8) is 0 Å². The van der Waals surface area contributed by atoms with E-state index in [9.17, 15) is 14.0 Å². The highest BCUT2D eigenvalue weighted by atomic mass is 79.9. The molecule has 0 bridgehead atoms. The number of carbonyl (C=O) groups excluding carboxylic acids is 2. The molecular weight excluding hydrogens is 403 g/mol. The summed E-state index contributed by atoms with van der Waals surface area (Å²) in [6.07, 6.45) is 0. The van der Waals surface area contributed by atoms with E-state index in [0.717, 1.165) is 5.69 Å². The van der Waals surface area contributed by atoms with Gasteiger partial charge in [0.25, 0.3) is 5.91 Å². The molecule has 0 aromatic heterocycles. The van der Waals surface area contributed by atoms with Gasteiger partial charge in [-0.25, -0.2) is 9.18 Å². The molecule has 0 aliphatic carbocycles.